The quantitative estimate of drug-likeness (QED) is 0.604. The van der Waals surface area contributed by atoms with E-state index < -0.39 is 5.66 Å². The van der Waals surface area contributed by atoms with E-state index in [1.807, 2.05) is 48.2 Å². The minimum absolute atomic E-state index is 0.0451. The van der Waals surface area contributed by atoms with Crippen LogP contribution in [0.25, 0.3) is 0 Å². The fraction of sp³-hybridized carbons (Fsp3) is 0.480. The van der Waals surface area contributed by atoms with Crippen LogP contribution in [0.5, 0.6) is 5.75 Å². The Morgan fingerprint density at radius 2 is 1.94 bits per heavy atom. The normalized spacial score (nSPS) is 22.8. The summed E-state index contributed by atoms with van der Waals surface area (Å²) in [6, 6.07) is 15.8. The van der Waals surface area contributed by atoms with Crippen molar-refractivity contribution in [3.05, 3.63) is 59.7 Å². The molecule has 6 nitrogen and oxygen atoms in total. The molecule has 0 aromatic heterocycles. The van der Waals surface area contributed by atoms with Crippen molar-refractivity contribution in [2.75, 3.05) is 38.3 Å². The van der Waals surface area contributed by atoms with Crippen LogP contribution < -0.4 is 10.1 Å². The number of hydrogen-bond acceptors (Lipinski definition) is 5. The first-order valence-electron chi connectivity index (χ1n) is 11.3. The van der Waals surface area contributed by atoms with E-state index >= 15 is 0 Å². The molecule has 1 N–H and O–H groups in total. The van der Waals surface area contributed by atoms with E-state index in [2.05, 4.69) is 24.4 Å². The van der Waals surface area contributed by atoms with Gasteiger partial charge in [0.25, 0.3) is 5.91 Å². The lowest BCUT2D eigenvalue weighted by molar-refractivity contribution is 0.0187. The molecule has 2 atom stereocenters. The molecule has 1 amide bonds. The molecule has 4 rings (SSSR count). The van der Waals surface area contributed by atoms with Crippen molar-refractivity contribution >= 4 is 11.6 Å². The number of rotatable bonds is 9. The molecule has 0 aliphatic carbocycles. The maximum absolute atomic E-state index is 13.6. The number of hydrogen-bond donors (Lipinski definition) is 1. The number of carbonyl (C=O) groups excluding carboxylic acids is 1. The molecular formula is C25H32N2O4. The first-order chi connectivity index (χ1) is 15.2. The van der Waals surface area contributed by atoms with Gasteiger partial charge in [-0.1, -0.05) is 31.2 Å². The molecule has 1 fully saturated rings. The summed E-state index contributed by atoms with van der Waals surface area (Å²) >= 11 is 0. The molecule has 2 aromatic rings. The summed E-state index contributed by atoms with van der Waals surface area (Å²) < 4.78 is 17.0. The standard InChI is InChI=1S/C25H32N2O4/c1-3-25(19-11-13-20(14-12-19)31-17-16-29-4-2)26-23-10-6-5-9-22(23)24(28)27(25)18-21-8-7-15-30-21/h5-6,9-14,21,26H,3-4,7-8,15-18H2,1-2H3. The van der Waals surface area contributed by atoms with Gasteiger partial charge in [0.1, 0.15) is 18.0 Å². The molecule has 0 spiro atoms. The number of benzene rings is 2. The number of amides is 1. The van der Waals surface area contributed by atoms with Crippen LogP contribution in [-0.2, 0) is 15.1 Å². The van der Waals surface area contributed by atoms with Gasteiger partial charge in [-0.05, 0) is 56.0 Å². The number of fused-ring (bicyclic) bond motifs is 1. The average Bonchev–Trinajstić information content (AvgIpc) is 3.32. The van der Waals surface area contributed by atoms with Gasteiger partial charge in [0.2, 0.25) is 0 Å². The largest absolute Gasteiger partial charge is 0.491 e. The topological polar surface area (TPSA) is 60.0 Å². The number of para-hydroxylation sites is 1. The number of ether oxygens (including phenoxy) is 3. The highest BCUT2D eigenvalue weighted by molar-refractivity contribution is 6.02. The van der Waals surface area contributed by atoms with Crippen molar-refractivity contribution in [2.24, 2.45) is 0 Å². The van der Waals surface area contributed by atoms with E-state index in [1.165, 1.54) is 0 Å². The van der Waals surface area contributed by atoms with Gasteiger partial charge in [-0.2, -0.15) is 0 Å². The molecule has 6 heteroatoms. The van der Waals surface area contributed by atoms with E-state index in [0.29, 0.717) is 31.9 Å². The van der Waals surface area contributed by atoms with Gasteiger partial charge in [0.15, 0.2) is 0 Å². The molecule has 2 unspecified atom stereocenters. The molecule has 2 aromatic carbocycles. The second-order valence-corrected chi connectivity index (χ2v) is 8.00. The lowest BCUT2D eigenvalue weighted by atomic mass is 9.89. The fourth-order valence-corrected chi connectivity index (χ4v) is 4.52. The fourth-order valence-electron chi connectivity index (χ4n) is 4.52. The highest BCUT2D eigenvalue weighted by Gasteiger charge is 2.45. The van der Waals surface area contributed by atoms with Crippen LogP contribution in [0.4, 0.5) is 5.69 Å². The van der Waals surface area contributed by atoms with Gasteiger partial charge >= 0.3 is 0 Å². The summed E-state index contributed by atoms with van der Waals surface area (Å²) in [6.45, 7) is 7.19. The third kappa shape index (κ3) is 4.41. The summed E-state index contributed by atoms with van der Waals surface area (Å²) in [5.41, 5.74) is 1.98. The minimum atomic E-state index is -0.638. The van der Waals surface area contributed by atoms with Gasteiger partial charge in [-0.3, -0.25) is 4.79 Å². The smallest absolute Gasteiger partial charge is 0.258 e. The molecule has 2 heterocycles. The van der Waals surface area contributed by atoms with Crippen molar-refractivity contribution in [1.82, 2.24) is 4.90 Å². The lowest BCUT2D eigenvalue weighted by Crippen LogP contribution is -2.59. The second-order valence-electron chi connectivity index (χ2n) is 8.00. The first kappa shape index (κ1) is 21.7. The molecule has 166 valence electrons. The number of carbonyl (C=O) groups is 1. The second kappa shape index (κ2) is 9.71. The van der Waals surface area contributed by atoms with Gasteiger partial charge in [0.05, 0.1) is 18.3 Å². The SMILES string of the molecule is CCOCCOc1ccc(C2(CC)Nc3ccccc3C(=O)N2CC2CCCO2)cc1. The van der Waals surface area contributed by atoms with Crippen molar-refractivity contribution < 1.29 is 19.0 Å². The van der Waals surface area contributed by atoms with Gasteiger partial charge in [-0.25, -0.2) is 0 Å². The monoisotopic (exact) mass is 424 g/mol. The molecule has 1 saturated heterocycles. The van der Waals surface area contributed by atoms with Crippen molar-refractivity contribution in [3.63, 3.8) is 0 Å². The van der Waals surface area contributed by atoms with Crippen molar-refractivity contribution in [2.45, 2.75) is 44.9 Å². The van der Waals surface area contributed by atoms with Gasteiger partial charge in [0, 0.05) is 25.4 Å². The summed E-state index contributed by atoms with van der Waals surface area (Å²) in [5.74, 6) is 0.839. The van der Waals surface area contributed by atoms with Gasteiger partial charge in [-0.15, -0.1) is 0 Å². The molecule has 31 heavy (non-hydrogen) atoms. The Bertz CT molecular complexity index is 879. The minimum Gasteiger partial charge on any atom is -0.491 e. The summed E-state index contributed by atoms with van der Waals surface area (Å²) in [4.78, 5) is 15.6. The predicted octanol–water partition coefficient (Wildman–Crippen LogP) is 4.41. The molecule has 2 aliphatic rings. The lowest BCUT2D eigenvalue weighted by Gasteiger charge is -2.49. The number of nitrogens with one attached hydrogen (secondary N) is 1. The van der Waals surface area contributed by atoms with Crippen LogP contribution in [0.3, 0.4) is 0 Å². The molecule has 0 radical (unpaired) electrons. The zero-order chi connectivity index (χ0) is 21.7. The number of nitrogens with zero attached hydrogens (tertiary/aromatic N) is 1. The Balaban J connectivity index is 1.64. The zero-order valence-electron chi connectivity index (χ0n) is 18.4. The highest BCUT2D eigenvalue weighted by atomic mass is 16.5. The maximum Gasteiger partial charge on any atom is 0.258 e. The molecule has 2 aliphatic heterocycles. The molecule has 0 bridgehead atoms. The maximum atomic E-state index is 13.6. The zero-order valence-corrected chi connectivity index (χ0v) is 18.4. The van der Waals surface area contributed by atoms with E-state index in [4.69, 9.17) is 14.2 Å². The van der Waals surface area contributed by atoms with E-state index in [9.17, 15) is 4.79 Å². The first-order valence-corrected chi connectivity index (χ1v) is 11.3. The number of anilines is 1. The van der Waals surface area contributed by atoms with E-state index in [-0.39, 0.29) is 12.0 Å². The Morgan fingerprint density at radius 3 is 2.65 bits per heavy atom. The van der Waals surface area contributed by atoms with Crippen molar-refractivity contribution in [3.8, 4) is 5.75 Å². The van der Waals surface area contributed by atoms with Crippen LogP contribution in [0.15, 0.2) is 48.5 Å². The van der Waals surface area contributed by atoms with E-state index in [0.717, 1.165) is 42.9 Å². The van der Waals surface area contributed by atoms with Crippen LogP contribution in [0.1, 0.15) is 49.0 Å². The third-order valence-corrected chi connectivity index (χ3v) is 6.16. The Kier molecular flexibility index (Phi) is 6.78. The molecular weight excluding hydrogens is 392 g/mol. The summed E-state index contributed by atoms with van der Waals surface area (Å²) in [7, 11) is 0. The van der Waals surface area contributed by atoms with E-state index in [1.54, 1.807) is 0 Å². The van der Waals surface area contributed by atoms with Crippen molar-refractivity contribution in [1.29, 1.82) is 0 Å². The summed E-state index contributed by atoms with van der Waals surface area (Å²) in [5, 5.41) is 3.70. The van der Waals surface area contributed by atoms with Gasteiger partial charge < -0.3 is 24.4 Å². The average molecular weight is 425 g/mol. The summed E-state index contributed by atoms with van der Waals surface area (Å²) in [6.07, 6.45) is 2.83. The van der Waals surface area contributed by atoms with Crippen LogP contribution in [0, 0.1) is 0 Å². The van der Waals surface area contributed by atoms with Crippen LogP contribution in [0.2, 0.25) is 0 Å². The highest BCUT2D eigenvalue weighted by Crippen LogP contribution is 2.41. The Labute approximate surface area is 184 Å². The Morgan fingerprint density at radius 1 is 1.13 bits per heavy atom. The predicted molar refractivity (Wildman–Crippen MR) is 120 cm³/mol. The third-order valence-electron chi connectivity index (χ3n) is 6.16. The Hall–Kier alpha value is -2.57. The van der Waals surface area contributed by atoms with Crippen LogP contribution in [-0.4, -0.2) is 49.9 Å². The van der Waals surface area contributed by atoms with Crippen LogP contribution >= 0.6 is 0 Å². The molecule has 0 saturated carbocycles.